The van der Waals surface area contributed by atoms with Crippen molar-refractivity contribution in [1.29, 1.82) is 0 Å². The fourth-order valence-electron chi connectivity index (χ4n) is 3.84. The van der Waals surface area contributed by atoms with Crippen LogP contribution >= 0.6 is 0 Å². The van der Waals surface area contributed by atoms with Gasteiger partial charge in [0.2, 0.25) is 0 Å². The number of benzene rings is 1. The van der Waals surface area contributed by atoms with Gasteiger partial charge in [-0.3, -0.25) is 4.79 Å². The minimum atomic E-state index is -1.10. The van der Waals surface area contributed by atoms with Crippen molar-refractivity contribution in [2.75, 3.05) is 7.11 Å². The van der Waals surface area contributed by atoms with Crippen LogP contribution in [0.15, 0.2) is 30.3 Å². The lowest BCUT2D eigenvalue weighted by Gasteiger charge is -2.47. The highest BCUT2D eigenvalue weighted by molar-refractivity contribution is 5.75. The fraction of sp³-hybridized carbons (Fsp3) is 0.471. The predicted molar refractivity (Wildman–Crippen MR) is 79.0 cm³/mol. The molecule has 2 N–H and O–H groups in total. The first-order valence-corrected chi connectivity index (χ1v) is 7.33. The molecule has 4 nitrogen and oxygen atoms in total. The highest BCUT2D eigenvalue weighted by atomic mass is 16.5. The van der Waals surface area contributed by atoms with Gasteiger partial charge in [0, 0.05) is 11.5 Å². The molecule has 21 heavy (non-hydrogen) atoms. The topological polar surface area (TPSA) is 66.8 Å². The molecule has 0 aromatic heterocycles. The van der Waals surface area contributed by atoms with E-state index in [1.165, 1.54) is 5.57 Å². The largest absolute Gasteiger partial charge is 0.496 e. The Labute approximate surface area is 124 Å². The van der Waals surface area contributed by atoms with Crippen LogP contribution in [0.3, 0.4) is 0 Å². The molecule has 1 aromatic carbocycles. The average Bonchev–Trinajstić information content (AvgIpc) is 2.46. The van der Waals surface area contributed by atoms with Crippen LogP contribution in [0.25, 0.3) is 5.57 Å². The van der Waals surface area contributed by atoms with E-state index in [9.17, 15) is 9.90 Å². The molecule has 0 saturated heterocycles. The zero-order valence-corrected chi connectivity index (χ0v) is 12.1. The van der Waals surface area contributed by atoms with E-state index >= 15 is 0 Å². The summed E-state index contributed by atoms with van der Waals surface area (Å²) in [6.07, 6.45) is 4.26. The maximum Gasteiger partial charge on any atom is 0.306 e. The number of allylic oxidation sites excluding steroid dienone is 1. The third-order valence-electron chi connectivity index (χ3n) is 4.81. The zero-order valence-electron chi connectivity index (χ0n) is 12.1. The van der Waals surface area contributed by atoms with Crippen molar-refractivity contribution in [1.82, 2.24) is 0 Å². The molecule has 0 amide bonds. The SMILES string of the molecule is COc1ccccc1C1=CC2CCC1CC2(O)CC(=O)O. The molecule has 1 fully saturated rings. The normalized spacial score (nSPS) is 30.9. The van der Waals surface area contributed by atoms with Gasteiger partial charge in [-0.15, -0.1) is 0 Å². The van der Waals surface area contributed by atoms with Crippen LogP contribution in [-0.4, -0.2) is 28.9 Å². The summed E-state index contributed by atoms with van der Waals surface area (Å²) in [4.78, 5) is 11.0. The number of para-hydroxylation sites is 1. The van der Waals surface area contributed by atoms with Crippen LogP contribution in [0.2, 0.25) is 0 Å². The number of carbonyl (C=O) groups is 1. The molecular weight excluding hydrogens is 268 g/mol. The van der Waals surface area contributed by atoms with Gasteiger partial charge in [0.15, 0.2) is 0 Å². The van der Waals surface area contributed by atoms with E-state index in [-0.39, 0.29) is 18.3 Å². The lowest BCUT2D eigenvalue weighted by Crippen LogP contribution is -2.47. The zero-order chi connectivity index (χ0) is 15.0. The van der Waals surface area contributed by atoms with Gasteiger partial charge in [0.05, 0.1) is 19.1 Å². The Morgan fingerprint density at radius 3 is 2.76 bits per heavy atom. The van der Waals surface area contributed by atoms with Gasteiger partial charge in [-0.2, -0.15) is 0 Å². The monoisotopic (exact) mass is 288 g/mol. The number of methoxy groups -OCH3 is 1. The van der Waals surface area contributed by atoms with Crippen molar-refractivity contribution < 1.29 is 19.7 Å². The number of hydrogen-bond donors (Lipinski definition) is 2. The molecule has 4 heteroatoms. The van der Waals surface area contributed by atoms with Crippen molar-refractivity contribution in [2.24, 2.45) is 11.8 Å². The van der Waals surface area contributed by atoms with E-state index in [0.29, 0.717) is 6.42 Å². The lowest BCUT2D eigenvalue weighted by molar-refractivity contribution is -0.147. The van der Waals surface area contributed by atoms with Gasteiger partial charge in [0.1, 0.15) is 5.75 Å². The van der Waals surface area contributed by atoms with E-state index in [1.807, 2.05) is 24.3 Å². The average molecular weight is 288 g/mol. The fourth-order valence-corrected chi connectivity index (χ4v) is 3.84. The number of ether oxygens (including phenoxy) is 1. The van der Waals surface area contributed by atoms with Crippen LogP contribution in [-0.2, 0) is 4.79 Å². The number of rotatable bonds is 4. The van der Waals surface area contributed by atoms with Crippen molar-refractivity contribution in [3.63, 3.8) is 0 Å². The number of aliphatic hydroxyl groups is 1. The van der Waals surface area contributed by atoms with Crippen LogP contribution in [0.5, 0.6) is 5.75 Å². The number of aliphatic carboxylic acids is 1. The summed E-state index contributed by atoms with van der Waals surface area (Å²) in [7, 11) is 1.65. The van der Waals surface area contributed by atoms with Gasteiger partial charge in [0.25, 0.3) is 0 Å². The molecule has 3 aliphatic carbocycles. The van der Waals surface area contributed by atoms with Crippen LogP contribution in [0.4, 0.5) is 0 Å². The molecule has 0 heterocycles. The molecule has 1 saturated carbocycles. The molecule has 0 spiro atoms. The van der Waals surface area contributed by atoms with E-state index in [2.05, 4.69) is 6.08 Å². The summed E-state index contributed by atoms with van der Waals surface area (Å²) >= 11 is 0. The minimum absolute atomic E-state index is 0.0847. The Balaban J connectivity index is 1.96. The van der Waals surface area contributed by atoms with Gasteiger partial charge in [-0.05, 0) is 36.8 Å². The highest BCUT2D eigenvalue weighted by Crippen LogP contribution is 2.52. The van der Waals surface area contributed by atoms with Crippen LogP contribution < -0.4 is 4.74 Å². The predicted octanol–water partition coefficient (Wildman–Crippen LogP) is 2.71. The van der Waals surface area contributed by atoms with Crippen molar-refractivity contribution in [3.05, 3.63) is 35.9 Å². The van der Waals surface area contributed by atoms with Gasteiger partial charge >= 0.3 is 5.97 Å². The van der Waals surface area contributed by atoms with E-state index in [0.717, 1.165) is 24.2 Å². The second-order valence-corrected chi connectivity index (χ2v) is 6.08. The molecule has 0 radical (unpaired) electrons. The Morgan fingerprint density at radius 1 is 1.38 bits per heavy atom. The Bertz CT molecular complexity index is 592. The second kappa shape index (κ2) is 5.19. The summed E-state index contributed by atoms with van der Waals surface area (Å²) in [5.74, 6) is 0.0181. The van der Waals surface area contributed by atoms with Gasteiger partial charge in [-0.1, -0.05) is 24.3 Å². The summed E-state index contributed by atoms with van der Waals surface area (Å²) < 4.78 is 5.43. The standard InChI is InChI=1S/C17H20O4/c1-21-15-5-3-2-4-13(15)14-8-12-7-6-11(14)9-17(12,20)10-16(18)19/h2-5,8,11-12,20H,6-7,9-10H2,1H3,(H,18,19). The van der Waals surface area contributed by atoms with Crippen molar-refractivity contribution in [2.45, 2.75) is 31.3 Å². The molecular formula is C17H20O4. The van der Waals surface area contributed by atoms with Gasteiger partial charge in [-0.25, -0.2) is 0 Å². The van der Waals surface area contributed by atoms with Crippen molar-refractivity contribution in [3.8, 4) is 5.75 Å². The number of fused-ring (bicyclic) bond motifs is 2. The Morgan fingerprint density at radius 2 is 2.14 bits per heavy atom. The maximum atomic E-state index is 11.0. The van der Waals surface area contributed by atoms with Crippen LogP contribution in [0.1, 0.15) is 31.2 Å². The molecule has 4 rings (SSSR count). The third-order valence-corrected chi connectivity index (χ3v) is 4.81. The van der Waals surface area contributed by atoms with E-state index < -0.39 is 11.6 Å². The lowest BCUT2D eigenvalue weighted by atomic mass is 9.61. The summed E-state index contributed by atoms with van der Waals surface area (Å²) in [6.45, 7) is 0. The minimum Gasteiger partial charge on any atom is -0.496 e. The Kier molecular flexibility index (Phi) is 3.49. The third kappa shape index (κ3) is 2.44. The first-order chi connectivity index (χ1) is 10.0. The number of carboxylic acids is 1. The summed E-state index contributed by atoms with van der Waals surface area (Å²) in [5, 5.41) is 19.7. The molecule has 0 aliphatic heterocycles. The number of hydrogen-bond acceptors (Lipinski definition) is 3. The molecule has 1 aromatic rings. The second-order valence-electron chi connectivity index (χ2n) is 6.08. The molecule has 2 bridgehead atoms. The maximum absolute atomic E-state index is 11.0. The van der Waals surface area contributed by atoms with E-state index in [4.69, 9.17) is 9.84 Å². The molecule has 3 atom stereocenters. The summed E-state index contributed by atoms with van der Waals surface area (Å²) in [5.41, 5.74) is 1.16. The first kappa shape index (κ1) is 14.1. The van der Waals surface area contributed by atoms with Crippen molar-refractivity contribution >= 4 is 11.5 Å². The molecule has 3 aliphatic rings. The molecule has 3 unspecified atom stereocenters. The highest BCUT2D eigenvalue weighted by Gasteiger charge is 2.47. The Hall–Kier alpha value is -1.81. The molecule has 112 valence electrons. The van der Waals surface area contributed by atoms with Crippen LogP contribution in [0, 0.1) is 11.8 Å². The quantitative estimate of drug-likeness (QED) is 0.894. The van der Waals surface area contributed by atoms with E-state index in [1.54, 1.807) is 7.11 Å². The van der Waals surface area contributed by atoms with Gasteiger partial charge < -0.3 is 14.9 Å². The number of carboxylic acid groups (broad SMARTS) is 1. The smallest absolute Gasteiger partial charge is 0.306 e. The summed E-state index contributed by atoms with van der Waals surface area (Å²) in [6, 6.07) is 7.87. The first-order valence-electron chi connectivity index (χ1n) is 7.33.